The van der Waals surface area contributed by atoms with E-state index in [1.54, 1.807) is 0 Å². The first-order valence-corrected chi connectivity index (χ1v) is 7.98. The summed E-state index contributed by atoms with van der Waals surface area (Å²) in [5.41, 5.74) is 0.935. The second kappa shape index (κ2) is 8.53. The highest BCUT2D eigenvalue weighted by atomic mass is 16.5. The fraction of sp³-hybridized carbons (Fsp3) is 0.529. The number of rotatable bonds is 6. The third-order valence-electron chi connectivity index (χ3n) is 4.06. The molecule has 1 aliphatic heterocycles. The minimum atomic E-state index is -0.793. The number of carbonyl (C=O) groups is 2. The predicted molar refractivity (Wildman–Crippen MR) is 86.0 cm³/mol. The molecule has 2 rings (SSSR count). The summed E-state index contributed by atoms with van der Waals surface area (Å²) in [5, 5.41) is 11.8. The standard InChI is InChI=1S/C17H24N2O4/c1-2-19-10-14(9-16(20)21)8-15(11-19)18-17(22)23-12-13-6-4-3-5-7-13/h3-7,14-15H,2,8-12H2,1H3,(H,18,22)(H,20,21). The average molecular weight is 320 g/mol. The molecule has 126 valence electrons. The third kappa shape index (κ3) is 5.90. The molecule has 0 aliphatic carbocycles. The molecule has 0 saturated carbocycles. The minimum absolute atomic E-state index is 0.0561. The number of carboxylic acids is 1. The summed E-state index contributed by atoms with van der Waals surface area (Å²) in [4.78, 5) is 25.0. The molecule has 1 aliphatic rings. The summed E-state index contributed by atoms with van der Waals surface area (Å²) in [7, 11) is 0. The van der Waals surface area contributed by atoms with E-state index < -0.39 is 12.1 Å². The molecule has 1 saturated heterocycles. The topological polar surface area (TPSA) is 78.9 Å². The average Bonchev–Trinajstić information content (AvgIpc) is 2.53. The lowest BCUT2D eigenvalue weighted by atomic mass is 9.91. The van der Waals surface area contributed by atoms with Crippen LogP contribution in [0.3, 0.4) is 0 Å². The van der Waals surface area contributed by atoms with Gasteiger partial charge in [-0.05, 0) is 24.4 Å². The molecule has 0 aromatic heterocycles. The smallest absolute Gasteiger partial charge is 0.407 e. The van der Waals surface area contributed by atoms with Gasteiger partial charge in [-0.3, -0.25) is 4.79 Å². The Kier molecular flexibility index (Phi) is 6.40. The van der Waals surface area contributed by atoms with Crippen molar-refractivity contribution in [3.05, 3.63) is 35.9 Å². The number of hydrogen-bond donors (Lipinski definition) is 2. The third-order valence-corrected chi connectivity index (χ3v) is 4.06. The van der Waals surface area contributed by atoms with Crippen molar-refractivity contribution in [2.75, 3.05) is 19.6 Å². The van der Waals surface area contributed by atoms with E-state index in [2.05, 4.69) is 10.2 Å². The lowest BCUT2D eigenvalue weighted by molar-refractivity contribution is -0.138. The number of likely N-dealkylation sites (tertiary alicyclic amines) is 1. The Morgan fingerprint density at radius 2 is 2.04 bits per heavy atom. The summed E-state index contributed by atoms with van der Waals surface area (Å²) in [5.74, 6) is -0.737. The molecule has 1 heterocycles. The Bertz CT molecular complexity index is 521. The van der Waals surface area contributed by atoms with Gasteiger partial charge in [0.05, 0.1) is 0 Å². The number of carbonyl (C=O) groups excluding carboxylic acids is 1. The van der Waals surface area contributed by atoms with Crippen molar-refractivity contribution in [1.29, 1.82) is 0 Å². The maximum absolute atomic E-state index is 11.9. The maximum Gasteiger partial charge on any atom is 0.407 e. The lowest BCUT2D eigenvalue weighted by Crippen LogP contribution is -2.51. The van der Waals surface area contributed by atoms with Crippen molar-refractivity contribution < 1.29 is 19.4 Å². The monoisotopic (exact) mass is 320 g/mol. The van der Waals surface area contributed by atoms with E-state index in [0.29, 0.717) is 6.42 Å². The highest BCUT2D eigenvalue weighted by Gasteiger charge is 2.29. The molecule has 1 aromatic rings. The zero-order valence-electron chi connectivity index (χ0n) is 13.4. The Hall–Kier alpha value is -2.08. The molecule has 2 unspecified atom stereocenters. The molecule has 1 fully saturated rings. The van der Waals surface area contributed by atoms with Crippen LogP contribution in [0.25, 0.3) is 0 Å². The number of piperidine rings is 1. The van der Waals surface area contributed by atoms with Crippen molar-refractivity contribution in [1.82, 2.24) is 10.2 Å². The van der Waals surface area contributed by atoms with Crippen LogP contribution in [0, 0.1) is 5.92 Å². The van der Waals surface area contributed by atoms with E-state index in [1.165, 1.54) is 0 Å². The number of nitrogens with zero attached hydrogens (tertiary/aromatic N) is 1. The van der Waals surface area contributed by atoms with Gasteiger partial charge >= 0.3 is 12.1 Å². The van der Waals surface area contributed by atoms with Crippen molar-refractivity contribution in [3.63, 3.8) is 0 Å². The van der Waals surface area contributed by atoms with Crippen LogP contribution in [0.15, 0.2) is 30.3 Å². The van der Waals surface area contributed by atoms with Gasteiger partial charge in [-0.15, -0.1) is 0 Å². The Morgan fingerprint density at radius 1 is 1.30 bits per heavy atom. The van der Waals surface area contributed by atoms with E-state index in [1.807, 2.05) is 37.3 Å². The molecule has 0 bridgehead atoms. The Morgan fingerprint density at radius 3 is 2.70 bits per heavy atom. The first-order chi connectivity index (χ1) is 11.1. The van der Waals surface area contributed by atoms with Crippen LogP contribution in [-0.4, -0.2) is 47.7 Å². The van der Waals surface area contributed by atoms with Crippen molar-refractivity contribution in [2.24, 2.45) is 5.92 Å². The molecule has 2 atom stereocenters. The van der Waals surface area contributed by atoms with Crippen LogP contribution in [0.1, 0.15) is 25.3 Å². The Balaban J connectivity index is 1.82. The first-order valence-electron chi connectivity index (χ1n) is 7.98. The second-order valence-corrected chi connectivity index (χ2v) is 5.95. The van der Waals surface area contributed by atoms with Crippen LogP contribution in [0.5, 0.6) is 0 Å². The van der Waals surface area contributed by atoms with Crippen LogP contribution in [0.2, 0.25) is 0 Å². The second-order valence-electron chi connectivity index (χ2n) is 5.95. The summed E-state index contributed by atoms with van der Waals surface area (Å²) in [6.45, 7) is 4.60. The van der Waals surface area contributed by atoms with Gasteiger partial charge < -0.3 is 20.1 Å². The van der Waals surface area contributed by atoms with Crippen molar-refractivity contribution in [3.8, 4) is 0 Å². The fourth-order valence-electron chi connectivity index (χ4n) is 2.99. The van der Waals surface area contributed by atoms with Gasteiger partial charge in [0, 0.05) is 25.6 Å². The quantitative estimate of drug-likeness (QED) is 0.839. The number of aliphatic carboxylic acids is 1. The number of ether oxygens (including phenoxy) is 1. The summed E-state index contributed by atoms with van der Waals surface area (Å²) in [6.07, 6.45) is 0.350. The maximum atomic E-state index is 11.9. The SMILES string of the molecule is CCN1CC(CC(=O)O)CC(NC(=O)OCc2ccccc2)C1. The fourth-order valence-corrected chi connectivity index (χ4v) is 2.99. The number of nitrogens with one attached hydrogen (secondary N) is 1. The number of alkyl carbamates (subject to hydrolysis) is 1. The normalized spacial score (nSPS) is 21.6. The van der Waals surface area contributed by atoms with Crippen molar-refractivity contribution in [2.45, 2.75) is 32.4 Å². The summed E-state index contributed by atoms with van der Waals surface area (Å²) < 4.78 is 5.23. The van der Waals surface area contributed by atoms with Gasteiger partial charge in [-0.25, -0.2) is 4.79 Å². The zero-order chi connectivity index (χ0) is 16.7. The number of carboxylic acid groups (broad SMARTS) is 1. The molecular formula is C17H24N2O4. The number of likely N-dealkylation sites (N-methyl/N-ethyl adjacent to an activating group) is 1. The molecule has 1 aromatic carbocycles. The van der Waals surface area contributed by atoms with Crippen LogP contribution < -0.4 is 5.32 Å². The molecule has 1 amide bonds. The van der Waals surface area contributed by atoms with Crippen LogP contribution in [0.4, 0.5) is 4.79 Å². The van der Waals surface area contributed by atoms with E-state index in [9.17, 15) is 9.59 Å². The van der Waals surface area contributed by atoms with E-state index in [0.717, 1.165) is 25.2 Å². The molecule has 6 heteroatoms. The van der Waals surface area contributed by atoms with Crippen molar-refractivity contribution >= 4 is 12.1 Å². The van der Waals surface area contributed by atoms with E-state index in [-0.39, 0.29) is 25.0 Å². The summed E-state index contributed by atoms with van der Waals surface area (Å²) >= 11 is 0. The van der Waals surface area contributed by atoms with Crippen LogP contribution in [-0.2, 0) is 16.1 Å². The largest absolute Gasteiger partial charge is 0.481 e. The molecule has 0 spiro atoms. The number of benzene rings is 1. The zero-order valence-corrected chi connectivity index (χ0v) is 13.4. The minimum Gasteiger partial charge on any atom is -0.481 e. The van der Waals surface area contributed by atoms with Gasteiger partial charge in [0.2, 0.25) is 0 Å². The lowest BCUT2D eigenvalue weighted by Gasteiger charge is -2.36. The van der Waals surface area contributed by atoms with Crippen LogP contribution >= 0.6 is 0 Å². The molecule has 6 nitrogen and oxygen atoms in total. The number of amides is 1. The molecule has 2 N–H and O–H groups in total. The van der Waals surface area contributed by atoms with Gasteiger partial charge in [0.25, 0.3) is 0 Å². The highest BCUT2D eigenvalue weighted by Crippen LogP contribution is 2.20. The van der Waals surface area contributed by atoms with E-state index >= 15 is 0 Å². The van der Waals surface area contributed by atoms with Gasteiger partial charge in [-0.2, -0.15) is 0 Å². The molecular weight excluding hydrogens is 296 g/mol. The van der Waals surface area contributed by atoms with Gasteiger partial charge in [0.15, 0.2) is 0 Å². The predicted octanol–water partition coefficient (Wildman–Crippen LogP) is 2.10. The highest BCUT2D eigenvalue weighted by molar-refractivity contribution is 5.68. The molecule has 23 heavy (non-hydrogen) atoms. The van der Waals surface area contributed by atoms with Gasteiger partial charge in [0.1, 0.15) is 6.61 Å². The van der Waals surface area contributed by atoms with E-state index in [4.69, 9.17) is 9.84 Å². The Labute approximate surface area is 136 Å². The molecule has 0 radical (unpaired) electrons. The summed E-state index contributed by atoms with van der Waals surface area (Å²) in [6, 6.07) is 9.43. The van der Waals surface area contributed by atoms with Gasteiger partial charge in [-0.1, -0.05) is 37.3 Å². The first kappa shape index (κ1) is 17.3. The number of hydrogen-bond acceptors (Lipinski definition) is 4.